The third-order valence-corrected chi connectivity index (χ3v) is 5.74. The fraction of sp³-hybridized carbons (Fsp3) is 0.850. The Kier molecular flexibility index (Phi) is 10.5. The summed E-state index contributed by atoms with van der Waals surface area (Å²) in [5, 5.41) is 15.3. The first-order valence-corrected chi connectivity index (χ1v) is 10.8. The molecule has 8 heteroatoms. The molecule has 1 saturated heterocycles. The second-order valence-electron chi connectivity index (χ2n) is 8.00. The molecule has 160 valence electrons. The molecule has 1 aliphatic carbocycles. The van der Waals surface area contributed by atoms with E-state index in [1.54, 1.807) is 0 Å². The standard InChI is InChI=1S/C20H36N6O.HI/c1-3-19-25-23-15-26(19)12-11-21-20(22-14-18-6-4-5-13-27-18)24-17-9-7-16(2)8-10-17;/h15-18H,3-14H2,1-2H3,(H2,21,22,24);1H. The minimum atomic E-state index is 0. The van der Waals surface area contributed by atoms with E-state index in [0.717, 1.165) is 56.8 Å². The van der Waals surface area contributed by atoms with Crippen LogP contribution >= 0.6 is 24.0 Å². The van der Waals surface area contributed by atoms with Gasteiger partial charge in [-0.2, -0.15) is 0 Å². The smallest absolute Gasteiger partial charge is 0.191 e. The van der Waals surface area contributed by atoms with Crippen molar-refractivity contribution < 1.29 is 4.74 Å². The van der Waals surface area contributed by atoms with Crippen LogP contribution in [0.3, 0.4) is 0 Å². The number of halogens is 1. The molecule has 3 rings (SSSR count). The first kappa shape index (κ1) is 23.4. The summed E-state index contributed by atoms with van der Waals surface area (Å²) in [7, 11) is 0. The number of aryl methyl sites for hydroxylation is 1. The number of hydrogen-bond donors (Lipinski definition) is 2. The molecular formula is C20H37IN6O. The van der Waals surface area contributed by atoms with Crippen molar-refractivity contribution in [3.05, 3.63) is 12.2 Å². The van der Waals surface area contributed by atoms with Gasteiger partial charge in [0.15, 0.2) is 5.96 Å². The van der Waals surface area contributed by atoms with Gasteiger partial charge in [0.1, 0.15) is 12.2 Å². The van der Waals surface area contributed by atoms with E-state index in [1.165, 1.54) is 38.5 Å². The van der Waals surface area contributed by atoms with E-state index in [4.69, 9.17) is 9.73 Å². The number of nitrogens with zero attached hydrogens (tertiary/aromatic N) is 4. The molecule has 1 aromatic rings. The van der Waals surface area contributed by atoms with Crippen LogP contribution in [0.4, 0.5) is 0 Å². The summed E-state index contributed by atoms with van der Waals surface area (Å²) in [6.07, 6.45) is 11.6. The number of nitrogens with one attached hydrogen (secondary N) is 2. The Hall–Kier alpha value is -0.900. The van der Waals surface area contributed by atoms with Crippen molar-refractivity contribution in [2.45, 2.75) is 83.9 Å². The summed E-state index contributed by atoms with van der Waals surface area (Å²) < 4.78 is 7.95. The van der Waals surface area contributed by atoms with E-state index in [1.807, 2.05) is 6.33 Å². The molecule has 1 saturated carbocycles. The third kappa shape index (κ3) is 7.50. The molecule has 28 heavy (non-hydrogen) atoms. The second-order valence-corrected chi connectivity index (χ2v) is 8.00. The molecular weight excluding hydrogens is 467 g/mol. The van der Waals surface area contributed by atoms with Crippen LogP contribution < -0.4 is 10.6 Å². The fourth-order valence-electron chi connectivity index (χ4n) is 3.93. The van der Waals surface area contributed by atoms with Gasteiger partial charge in [0, 0.05) is 32.2 Å². The Balaban J connectivity index is 0.00000280. The Labute approximate surface area is 186 Å². The lowest BCUT2D eigenvalue weighted by Gasteiger charge is -2.29. The minimum Gasteiger partial charge on any atom is -0.376 e. The predicted octanol–water partition coefficient (Wildman–Crippen LogP) is 3.14. The van der Waals surface area contributed by atoms with Crippen molar-refractivity contribution in [1.82, 2.24) is 25.4 Å². The summed E-state index contributed by atoms with van der Waals surface area (Å²) in [6.45, 7) is 7.74. The molecule has 7 nitrogen and oxygen atoms in total. The zero-order valence-electron chi connectivity index (χ0n) is 17.4. The molecule has 0 spiro atoms. The van der Waals surface area contributed by atoms with E-state index >= 15 is 0 Å². The van der Waals surface area contributed by atoms with Gasteiger partial charge in [-0.1, -0.05) is 13.8 Å². The van der Waals surface area contributed by atoms with Crippen LogP contribution in [0.2, 0.25) is 0 Å². The van der Waals surface area contributed by atoms with Gasteiger partial charge in [-0.3, -0.25) is 4.99 Å². The number of ether oxygens (including phenoxy) is 1. The quantitative estimate of drug-likeness (QED) is 0.339. The minimum absolute atomic E-state index is 0. The Morgan fingerprint density at radius 2 is 2.07 bits per heavy atom. The lowest BCUT2D eigenvalue weighted by Crippen LogP contribution is -2.46. The van der Waals surface area contributed by atoms with Gasteiger partial charge in [-0.25, -0.2) is 0 Å². The molecule has 1 atom stereocenters. The van der Waals surface area contributed by atoms with E-state index < -0.39 is 0 Å². The van der Waals surface area contributed by atoms with Crippen LogP contribution in [-0.2, 0) is 17.7 Å². The topological polar surface area (TPSA) is 76.4 Å². The highest BCUT2D eigenvalue weighted by Gasteiger charge is 2.19. The molecule has 0 bridgehead atoms. The summed E-state index contributed by atoms with van der Waals surface area (Å²) in [6, 6.07) is 0.529. The summed E-state index contributed by atoms with van der Waals surface area (Å²) in [5.74, 6) is 2.81. The van der Waals surface area contributed by atoms with Crippen molar-refractivity contribution in [3.8, 4) is 0 Å². The van der Waals surface area contributed by atoms with Gasteiger partial charge in [0.25, 0.3) is 0 Å². The molecule has 1 aromatic heterocycles. The molecule has 2 aliphatic rings. The van der Waals surface area contributed by atoms with Crippen LogP contribution in [0.5, 0.6) is 0 Å². The average molecular weight is 504 g/mol. The van der Waals surface area contributed by atoms with Gasteiger partial charge in [-0.15, -0.1) is 34.2 Å². The Bertz CT molecular complexity index is 579. The van der Waals surface area contributed by atoms with Crippen molar-refractivity contribution in [2.24, 2.45) is 10.9 Å². The first-order valence-electron chi connectivity index (χ1n) is 10.8. The van der Waals surface area contributed by atoms with Crippen molar-refractivity contribution in [3.63, 3.8) is 0 Å². The highest BCUT2D eigenvalue weighted by molar-refractivity contribution is 14.0. The number of hydrogen-bond acceptors (Lipinski definition) is 4. The second kappa shape index (κ2) is 12.6. The first-order chi connectivity index (χ1) is 13.2. The Morgan fingerprint density at radius 1 is 1.25 bits per heavy atom. The highest BCUT2D eigenvalue weighted by Crippen LogP contribution is 2.23. The lowest BCUT2D eigenvalue weighted by atomic mass is 9.87. The van der Waals surface area contributed by atoms with Crippen LogP contribution in [0.15, 0.2) is 11.3 Å². The molecule has 2 fully saturated rings. The number of guanidine groups is 1. The number of aromatic nitrogens is 3. The maximum Gasteiger partial charge on any atom is 0.191 e. The normalized spacial score (nSPS) is 25.8. The monoisotopic (exact) mass is 504 g/mol. The Morgan fingerprint density at radius 3 is 2.79 bits per heavy atom. The molecule has 0 aromatic carbocycles. The van der Waals surface area contributed by atoms with Gasteiger partial charge in [0.05, 0.1) is 12.6 Å². The van der Waals surface area contributed by atoms with Gasteiger partial charge in [0.2, 0.25) is 0 Å². The van der Waals surface area contributed by atoms with E-state index in [2.05, 4.69) is 39.2 Å². The van der Waals surface area contributed by atoms with Crippen LogP contribution in [0, 0.1) is 5.92 Å². The zero-order chi connectivity index (χ0) is 18.9. The van der Waals surface area contributed by atoms with E-state index in [-0.39, 0.29) is 30.1 Å². The van der Waals surface area contributed by atoms with Gasteiger partial charge < -0.3 is 19.9 Å². The van der Waals surface area contributed by atoms with Crippen LogP contribution in [-0.4, -0.2) is 52.6 Å². The number of rotatable bonds is 7. The highest BCUT2D eigenvalue weighted by atomic mass is 127. The molecule has 0 amide bonds. The van der Waals surface area contributed by atoms with Crippen LogP contribution in [0.25, 0.3) is 0 Å². The summed E-state index contributed by atoms with van der Waals surface area (Å²) in [5.41, 5.74) is 0. The maximum atomic E-state index is 5.84. The van der Waals surface area contributed by atoms with Crippen molar-refractivity contribution in [2.75, 3.05) is 19.7 Å². The van der Waals surface area contributed by atoms with Crippen molar-refractivity contribution >= 4 is 29.9 Å². The van der Waals surface area contributed by atoms with Gasteiger partial charge >= 0.3 is 0 Å². The lowest BCUT2D eigenvalue weighted by molar-refractivity contribution is 0.0224. The number of aliphatic imine (C=N–C) groups is 1. The average Bonchev–Trinajstić information content (AvgIpc) is 3.16. The predicted molar refractivity (Wildman–Crippen MR) is 123 cm³/mol. The SMILES string of the molecule is CCc1nncn1CCNC(=NCC1CCCCO1)NC1CCC(C)CC1.I. The van der Waals surface area contributed by atoms with E-state index in [9.17, 15) is 0 Å². The molecule has 1 unspecified atom stereocenters. The fourth-order valence-corrected chi connectivity index (χ4v) is 3.93. The van der Waals surface area contributed by atoms with Gasteiger partial charge in [-0.05, 0) is 50.9 Å². The maximum absolute atomic E-state index is 5.84. The third-order valence-electron chi connectivity index (χ3n) is 5.74. The molecule has 0 radical (unpaired) electrons. The summed E-state index contributed by atoms with van der Waals surface area (Å²) >= 11 is 0. The largest absolute Gasteiger partial charge is 0.376 e. The molecule has 2 heterocycles. The van der Waals surface area contributed by atoms with Crippen molar-refractivity contribution in [1.29, 1.82) is 0 Å². The van der Waals surface area contributed by atoms with E-state index in [0.29, 0.717) is 6.04 Å². The summed E-state index contributed by atoms with van der Waals surface area (Å²) in [4.78, 5) is 4.85. The molecule has 1 aliphatic heterocycles. The van der Waals surface area contributed by atoms with Crippen LogP contribution in [0.1, 0.15) is 64.6 Å². The molecule has 2 N–H and O–H groups in total. The zero-order valence-corrected chi connectivity index (χ0v) is 19.7.